The van der Waals surface area contributed by atoms with Gasteiger partial charge < -0.3 is 0 Å². The van der Waals surface area contributed by atoms with Crippen LogP contribution in [0, 0.1) is 12.7 Å². The molecular weight excluding hydrogens is 333 g/mol. The summed E-state index contributed by atoms with van der Waals surface area (Å²) >= 11 is 0. The number of halogens is 1. The molecule has 4 aromatic rings. The van der Waals surface area contributed by atoms with Crippen molar-refractivity contribution in [2.24, 2.45) is 0 Å². The fourth-order valence-corrected chi connectivity index (χ4v) is 3.04. The Labute approximate surface area is 148 Å². The molecule has 0 saturated heterocycles. The maximum absolute atomic E-state index is 13.2. The Morgan fingerprint density at radius 3 is 2.69 bits per heavy atom. The second-order valence-corrected chi connectivity index (χ2v) is 6.43. The summed E-state index contributed by atoms with van der Waals surface area (Å²) in [6.07, 6.45) is 3.47. The number of rotatable bonds is 4. The van der Waals surface area contributed by atoms with Gasteiger partial charge in [-0.2, -0.15) is 5.10 Å². The minimum atomic E-state index is -0.303. The largest absolute Gasteiger partial charge is 0.296 e. The molecule has 0 radical (unpaired) electrons. The lowest BCUT2D eigenvalue weighted by Gasteiger charge is -2.12. The van der Waals surface area contributed by atoms with Gasteiger partial charge in [0.1, 0.15) is 5.82 Å². The highest BCUT2D eigenvalue weighted by Crippen LogP contribution is 2.24. The second kappa shape index (κ2) is 6.25. The first-order chi connectivity index (χ1) is 12.5. The van der Waals surface area contributed by atoms with Crippen LogP contribution in [0.4, 0.5) is 4.39 Å². The predicted octanol–water partition coefficient (Wildman–Crippen LogP) is 3.14. The van der Waals surface area contributed by atoms with Gasteiger partial charge in [-0.25, -0.2) is 13.9 Å². The predicted molar refractivity (Wildman–Crippen MR) is 96.6 cm³/mol. The molecular formula is C19H18FN5O. The maximum atomic E-state index is 13.2. The summed E-state index contributed by atoms with van der Waals surface area (Å²) in [7, 11) is 0. The highest BCUT2D eigenvalue weighted by atomic mass is 19.1. The third-order valence-electron chi connectivity index (χ3n) is 4.55. The van der Waals surface area contributed by atoms with Crippen molar-refractivity contribution in [1.29, 1.82) is 0 Å². The van der Waals surface area contributed by atoms with Crippen LogP contribution in [0.15, 0.2) is 53.6 Å². The lowest BCUT2D eigenvalue weighted by molar-refractivity contribution is 0.523. The van der Waals surface area contributed by atoms with Crippen LogP contribution in [-0.2, 0) is 6.54 Å². The molecule has 3 heterocycles. The Hall–Kier alpha value is -3.22. The van der Waals surface area contributed by atoms with Gasteiger partial charge >= 0.3 is 0 Å². The third kappa shape index (κ3) is 2.81. The molecule has 6 nitrogen and oxygen atoms in total. The minimum Gasteiger partial charge on any atom is -0.296 e. The van der Waals surface area contributed by atoms with E-state index in [2.05, 4.69) is 10.2 Å². The van der Waals surface area contributed by atoms with E-state index in [1.54, 1.807) is 30.6 Å². The average molecular weight is 351 g/mol. The minimum absolute atomic E-state index is 0.0160. The smallest absolute Gasteiger partial charge is 0.272 e. The molecule has 0 unspecified atom stereocenters. The monoisotopic (exact) mass is 351 g/mol. The molecule has 1 aromatic carbocycles. The average Bonchev–Trinajstić information content (AvgIpc) is 3.22. The Bertz CT molecular complexity index is 1120. The van der Waals surface area contributed by atoms with E-state index in [1.807, 2.05) is 24.6 Å². The Kier molecular flexibility index (Phi) is 3.91. The number of benzene rings is 1. The van der Waals surface area contributed by atoms with Gasteiger partial charge in [0.15, 0.2) is 5.65 Å². The molecule has 0 aliphatic carbocycles. The molecule has 7 heteroatoms. The quantitative estimate of drug-likeness (QED) is 0.614. The summed E-state index contributed by atoms with van der Waals surface area (Å²) in [4.78, 5) is 17.2. The van der Waals surface area contributed by atoms with Gasteiger partial charge in [-0.15, -0.1) is 0 Å². The van der Waals surface area contributed by atoms with Gasteiger partial charge in [0.25, 0.3) is 5.56 Å². The molecule has 0 fully saturated rings. The zero-order valence-electron chi connectivity index (χ0n) is 14.5. The van der Waals surface area contributed by atoms with Crippen molar-refractivity contribution in [3.05, 3.63) is 76.4 Å². The summed E-state index contributed by atoms with van der Waals surface area (Å²) in [5.41, 5.74) is 3.66. The molecule has 132 valence electrons. The van der Waals surface area contributed by atoms with Crippen LogP contribution in [0.1, 0.15) is 24.2 Å². The van der Waals surface area contributed by atoms with Gasteiger partial charge in [0.05, 0.1) is 5.69 Å². The van der Waals surface area contributed by atoms with Crippen molar-refractivity contribution in [3.8, 4) is 11.1 Å². The van der Waals surface area contributed by atoms with E-state index in [1.165, 1.54) is 16.6 Å². The van der Waals surface area contributed by atoms with E-state index in [-0.39, 0.29) is 17.3 Å². The van der Waals surface area contributed by atoms with Crippen LogP contribution in [0.3, 0.4) is 0 Å². The van der Waals surface area contributed by atoms with Crippen molar-refractivity contribution in [3.63, 3.8) is 0 Å². The van der Waals surface area contributed by atoms with Crippen LogP contribution in [-0.4, -0.2) is 24.4 Å². The SMILES string of the molecule is Cc1ccnn1C[C@@H](C)c1cc(=O)n2[nH]cc(-c3ccc(F)cc3)c2n1. The lowest BCUT2D eigenvalue weighted by atomic mass is 10.1. The molecule has 0 spiro atoms. The van der Waals surface area contributed by atoms with E-state index in [4.69, 9.17) is 4.98 Å². The molecule has 1 N–H and O–H groups in total. The summed E-state index contributed by atoms with van der Waals surface area (Å²) in [5, 5.41) is 7.21. The normalized spacial score (nSPS) is 12.6. The van der Waals surface area contributed by atoms with Crippen LogP contribution in [0.25, 0.3) is 16.8 Å². The van der Waals surface area contributed by atoms with Crippen molar-refractivity contribution in [1.82, 2.24) is 24.4 Å². The molecule has 0 saturated carbocycles. The van der Waals surface area contributed by atoms with E-state index in [0.29, 0.717) is 17.9 Å². The molecule has 0 aliphatic rings. The van der Waals surface area contributed by atoms with Crippen LogP contribution in [0.2, 0.25) is 0 Å². The number of H-pyrrole nitrogens is 1. The van der Waals surface area contributed by atoms with E-state index >= 15 is 0 Å². The number of hydrogen-bond donors (Lipinski definition) is 1. The topological polar surface area (TPSA) is 68.0 Å². The summed E-state index contributed by atoms with van der Waals surface area (Å²) < 4.78 is 16.5. The van der Waals surface area contributed by atoms with Crippen molar-refractivity contribution in [2.45, 2.75) is 26.3 Å². The van der Waals surface area contributed by atoms with Gasteiger partial charge in [-0.3, -0.25) is 14.6 Å². The van der Waals surface area contributed by atoms with Gasteiger partial charge in [-0.05, 0) is 30.7 Å². The standard InChI is InChI=1S/C19H18FN5O/c1-12(11-24-13(2)7-8-21-24)17-9-18(26)25-19(23-17)16(10-22-25)14-3-5-15(20)6-4-14/h3-10,12,22H,11H2,1-2H3/t12-/m1/s1. The van der Waals surface area contributed by atoms with E-state index < -0.39 is 0 Å². The highest BCUT2D eigenvalue weighted by molar-refractivity contribution is 5.76. The third-order valence-corrected chi connectivity index (χ3v) is 4.55. The van der Waals surface area contributed by atoms with Crippen molar-refractivity contribution in [2.75, 3.05) is 0 Å². The number of aromatic nitrogens is 5. The molecule has 26 heavy (non-hydrogen) atoms. The number of nitrogens with zero attached hydrogens (tertiary/aromatic N) is 4. The van der Waals surface area contributed by atoms with E-state index in [9.17, 15) is 9.18 Å². The molecule has 0 bridgehead atoms. The van der Waals surface area contributed by atoms with Gasteiger partial charge in [0.2, 0.25) is 0 Å². The summed E-state index contributed by atoms with van der Waals surface area (Å²) in [6, 6.07) is 9.62. The fourth-order valence-electron chi connectivity index (χ4n) is 3.04. The molecule has 3 aromatic heterocycles. The maximum Gasteiger partial charge on any atom is 0.272 e. The molecule has 4 rings (SSSR count). The molecule has 1 atom stereocenters. The molecule has 0 amide bonds. The summed E-state index contributed by atoms with van der Waals surface area (Å²) in [5.74, 6) is -0.287. The number of nitrogens with one attached hydrogen (secondary N) is 1. The first-order valence-electron chi connectivity index (χ1n) is 8.38. The Balaban J connectivity index is 1.77. The molecule has 0 aliphatic heterocycles. The zero-order valence-corrected chi connectivity index (χ0v) is 14.5. The van der Waals surface area contributed by atoms with Crippen LogP contribution in [0.5, 0.6) is 0 Å². The van der Waals surface area contributed by atoms with Crippen LogP contribution >= 0.6 is 0 Å². The second-order valence-electron chi connectivity index (χ2n) is 6.43. The number of fused-ring (bicyclic) bond motifs is 1. The first-order valence-corrected chi connectivity index (χ1v) is 8.38. The summed E-state index contributed by atoms with van der Waals surface area (Å²) in [6.45, 7) is 4.64. The van der Waals surface area contributed by atoms with Gasteiger partial charge in [0, 0.05) is 42.2 Å². The fraction of sp³-hybridized carbons (Fsp3) is 0.211. The highest BCUT2D eigenvalue weighted by Gasteiger charge is 2.15. The van der Waals surface area contributed by atoms with Crippen molar-refractivity contribution < 1.29 is 4.39 Å². The number of aryl methyl sites for hydroxylation is 1. The number of aromatic amines is 1. The van der Waals surface area contributed by atoms with E-state index in [0.717, 1.165) is 16.8 Å². The Morgan fingerprint density at radius 2 is 2.00 bits per heavy atom. The number of hydrogen-bond acceptors (Lipinski definition) is 3. The zero-order chi connectivity index (χ0) is 18.3. The lowest BCUT2D eigenvalue weighted by Crippen LogP contribution is -2.18. The van der Waals surface area contributed by atoms with Crippen molar-refractivity contribution >= 4 is 5.65 Å². The first kappa shape index (κ1) is 16.3. The van der Waals surface area contributed by atoms with Crippen LogP contribution < -0.4 is 5.56 Å². The van der Waals surface area contributed by atoms with Gasteiger partial charge in [-0.1, -0.05) is 19.1 Å². The Morgan fingerprint density at radius 1 is 1.23 bits per heavy atom.